The zero-order valence-corrected chi connectivity index (χ0v) is 16.1. The van der Waals surface area contributed by atoms with Gasteiger partial charge in [-0.05, 0) is 48.2 Å². The molecule has 1 amide bonds. The highest BCUT2D eigenvalue weighted by Crippen LogP contribution is 2.28. The van der Waals surface area contributed by atoms with E-state index in [4.69, 9.17) is 11.6 Å². The molecule has 1 atom stereocenters. The molecule has 0 aliphatic carbocycles. The lowest BCUT2D eigenvalue weighted by atomic mass is 10.1. The van der Waals surface area contributed by atoms with Gasteiger partial charge in [-0.25, -0.2) is 0 Å². The predicted molar refractivity (Wildman–Crippen MR) is 108 cm³/mol. The number of hydrogen-bond acceptors (Lipinski definition) is 3. The Kier molecular flexibility index (Phi) is 6.19. The molecule has 2 aromatic carbocycles. The molecule has 128 valence electrons. The van der Waals surface area contributed by atoms with E-state index >= 15 is 0 Å². The van der Waals surface area contributed by atoms with Crippen molar-refractivity contribution < 1.29 is 4.79 Å². The highest BCUT2D eigenvalue weighted by Gasteiger charge is 2.15. The van der Waals surface area contributed by atoms with Gasteiger partial charge in [0, 0.05) is 20.5 Å². The summed E-state index contributed by atoms with van der Waals surface area (Å²) >= 11 is 9.35. The third kappa shape index (κ3) is 4.88. The number of carbonyl (C=O) groups is 1. The largest absolute Gasteiger partial charge is 0.345 e. The van der Waals surface area contributed by atoms with Crippen LogP contribution in [-0.2, 0) is 5.75 Å². The highest BCUT2D eigenvalue weighted by molar-refractivity contribution is 7.98. The Morgan fingerprint density at radius 1 is 1.12 bits per heavy atom. The van der Waals surface area contributed by atoms with Gasteiger partial charge in [-0.3, -0.25) is 4.79 Å². The molecule has 25 heavy (non-hydrogen) atoms. The van der Waals surface area contributed by atoms with Gasteiger partial charge in [-0.2, -0.15) is 0 Å². The molecule has 1 unspecified atom stereocenters. The molecule has 1 N–H and O–H groups in total. The van der Waals surface area contributed by atoms with Crippen LogP contribution >= 0.6 is 34.7 Å². The lowest BCUT2D eigenvalue weighted by molar-refractivity contribution is 0.0937. The Balaban J connectivity index is 1.70. The monoisotopic (exact) mass is 387 g/mol. The lowest BCUT2D eigenvalue weighted by Crippen LogP contribution is -2.27. The number of halogens is 1. The van der Waals surface area contributed by atoms with Gasteiger partial charge in [-0.15, -0.1) is 23.1 Å². The Bertz CT molecular complexity index is 831. The Hall–Kier alpha value is -1.75. The minimum absolute atomic E-state index is 0.0586. The number of thioether (sulfide) groups is 1. The fourth-order valence-electron chi connectivity index (χ4n) is 2.43. The topological polar surface area (TPSA) is 29.1 Å². The van der Waals surface area contributed by atoms with E-state index in [0.717, 1.165) is 16.2 Å². The smallest absolute Gasteiger partial charge is 0.252 e. The van der Waals surface area contributed by atoms with Crippen LogP contribution in [0.25, 0.3) is 0 Å². The molecule has 0 spiro atoms. The Morgan fingerprint density at radius 3 is 2.60 bits per heavy atom. The van der Waals surface area contributed by atoms with Gasteiger partial charge >= 0.3 is 0 Å². The van der Waals surface area contributed by atoms with Crippen molar-refractivity contribution >= 4 is 40.6 Å². The first-order valence-electron chi connectivity index (χ1n) is 7.94. The highest BCUT2D eigenvalue weighted by atomic mass is 35.5. The van der Waals surface area contributed by atoms with Gasteiger partial charge in [0.25, 0.3) is 5.91 Å². The maximum Gasteiger partial charge on any atom is 0.252 e. The summed E-state index contributed by atoms with van der Waals surface area (Å²) in [5.41, 5.74) is 1.74. The van der Waals surface area contributed by atoms with E-state index in [1.807, 2.05) is 61.5 Å². The van der Waals surface area contributed by atoms with Gasteiger partial charge in [0.05, 0.1) is 11.6 Å². The fourth-order valence-corrected chi connectivity index (χ4v) is 4.38. The van der Waals surface area contributed by atoms with Crippen molar-refractivity contribution in [3.63, 3.8) is 0 Å². The number of benzene rings is 2. The number of carbonyl (C=O) groups excluding carboxylic acids is 1. The summed E-state index contributed by atoms with van der Waals surface area (Å²) in [5, 5.41) is 5.84. The van der Waals surface area contributed by atoms with Gasteiger partial charge in [-0.1, -0.05) is 41.9 Å². The molecule has 0 saturated carbocycles. The molecule has 0 saturated heterocycles. The Labute approximate surface area is 161 Å². The van der Waals surface area contributed by atoms with Crippen LogP contribution in [-0.4, -0.2) is 5.91 Å². The quantitative estimate of drug-likeness (QED) is 0.511. The molecule has 3 aromatic rings. The second kappa shape index (κ2) is 8.56. The van der Waals surface area contributed by atoms with E-state index in [1.165, 1.54) is 4.88 Å². The Morgan fingerprint density at radius 2 is 1.88 bits per heavy atom. The van der Waals surface area contributed by atoms with Crippen molar-refractivity contribution in [2.45, 2.75) is 23.6 Å². The normalized spacial score (nSPS) is 11.9. The predicted octanol–water partition coefficient (Wildman–Crippen LogP) is 6.18. The molecule has 0 aliphatic heterocycles. The van der Waals surface area contributed by atoms with Crippen molar-refractivity contribution in [2.75, 3.05) is 0 Å². The van der Waals surface area contributed by atoms with Crippen LogP contribution in [0.2, 0.25) is 5.02 Å². The van der Waals surface area contributed by atoms with Gasteiger partial charge in [0.15, 0.2) is 0 Å². The van der Waals surface area contributed by atoms with Crippen LogP contribution in [0, 0.1) is 0 Å². The van der Waals surface area contributed by atoms with Crippen molar-refractivity contribution in [1.29, 1.82) is 0 Å². The lowest BCUT2D eigenvalue weighted by Gasteiger charge is -2.16. The molecule has 0 aliphatic rings. The van der Waals surface area contributed by atoms with Crippen LogP contribution in [0.15, 0.2) is 70.9 Å². The molecular formula is C20H18ClNOS2. The molecular weight excluding hydrogens is 370 g/mol. The first-order valence-corrected chi connectivity index (χ1v) is 10.2. The van der Waals surface area contributed by atoms with E-state index in [-0.39, 0.29) is 11.9 Å². The summed E-state index contributed by atoms with van der Waals surface area (Å²) in [6.07, 6.45) is 0. The van der Waals surface area contributed by atoms with E-state index in [2.05, 4.69) is 16.8 Å². The van der Waals surface area contributed by atoms with E-state index in [1.54, 1.807) is 23.1 Å². The third-order valence-electron chi connectivity index (χ3n) is 3.80. The minimum Gasteiger partial charge on any atom is -0.345 e. The fraction of sp³-hybridized carbons (Fsp3) is 0.150. The van der Waals surface area contributed by atoms with Crippen LogP contribution in [0.4, 0.5) is 0 Å². The van der Waals surface area contributed by atoms with Crippen molar-refractivity contribution in [2.24, 2.45) is 0 Å². The van der Waals surface area contributed by atoms with E-state index in [9.17, 15) is 4.79 Å². The number of thiophene rings is 1. The minimum atomic E-state index is -0.0832. The molecule has 1 aromatic heterocycles. The van der Waals surface area contributed by atoms with Crippen LogP contribution in [0.1, 0.15) is 33.8 Å². The second-order valence-corrected chi connectivity index (χ2v) is 8.10. The SMILES string of the molecule is CC(NC(=O)c1ccccc1SCc1cccs1)c1ccc(Cl)cc1. The summed E-state index contributed by atoms with van der Waals surface area (Å²) in [6, 6.07) is 19.4. The number of rotatable bonds is 6. The second-order valence-electron chi connectivity index (χ2n) is 5.61. The average Bonchev–Trinajstić information content (AvgIpc) is 3.14. The number of hydrogen-bond donors (Lipinski definition) is 1. The molecule has 1 heterocycles. The third-order valence-corrected chi connectivity index (χ3v) is 6.23. The molecule has 0 radical (unpaired) electrons. The summed E-state index contributed by atoms with van der Waals surface area (Å²) in [5.74, 6) is 0.811. The molecule has 3 rings (SSSR count). The summed E-state index contributed by atoms with van der Waals surface area (Å²) in [7, 11) is 0. The summed E-state index contributed by atoms with van der Waals surface area (Å²) in [4.78, 5) is 15.0. The van der Waals surface area contributed by atoms with Gasteiger partial charge < -0.3 is 5.32 Å². The van der Waals surface area contributed by atoms with Crippen LogP contribution in [0.3, 0.4) is 0 Å². The van der Waals surface area contributed by atoms with Crippen molar-refractivity contribution in [1.82, 2.24) is 5.32 Å². The molecule has 0 bridgehead atoms. The van der Waals surface area contributed by atoms with Crippen LogP contribution < -0.4 is 5.32 Å². The van der Waals surface area contributed by atoms with E-state index < -0.39 is 0 Å². The van der Waals surface area contributed by atoms with Crippen molar-refractivity contribution in [3.8, 4) is 0 Å². The van der Waals surface area contributed by atoms with Gasteiger partial charge in [0.1, 0.15) is 0 Å². The first-order chi connectivity index (χ1) is 12.1. The van der Waals surface area contributed by atoms with Crippen LogP contribution in [0.5, 0.6) is 0 Å². The average molecular weight is 388 g/mol. The summed E-state index contributed by atoms with van der Waals surface area (Å²) in [6.45, 7) is 1.97. The van der Waals surface area contributed by atoms with E-state index in [0.29, 0.717) is 10.6 Å². The summed E-state index contributed by atoms with van der Waals surface area (Å²) < 4.78 is 0. The van der Waals surface area contributed by atoms with Crippen molar-refractivity contribution in [3.05, 3.63) is 87.1 Å². The first kappa shape index (κ1) is 18.1. The maximum atomic E-state index is 12.7. The number of amides is 1. The molecule has 5 heteroatoms. The zero-order valence-electron chi connectivity index (χ0n) is 13.7. The standard InChI is InChI=1S/C20H18ClNOS2/c1-14(15-8-10-16(21)11-9-15)22-20(23)18-6-2-3-7-19(18)25-13-17-5-4-12-24-17/h2-12,14H,13H2,1H3,(H,22,23). The number of nitrogens with one attached hydrogen (secondary N) is 1. The van der Waals surface area contributed by atoms with Gasteiger partial charge in [0.2, 0.25) is 0 Å². The molecule has 2 nitrogen and oxygen atoms in total. The molecule has 0 fully saturated rings. The maximum absolute atomic E-state index is 12.7. The zero-order chi connectivity index (χ0) is 17.6.